The van der Waals surface area contributed by atoms with E-state index in [0.717, 1.165) is 32.8 Å². The second kappa shape index (κ2) is 8.20. The lowest BCUT2D eigenvalue weighted by atomic mass is 9.84. The molecule has 114 valence electrons. The number of hydrogen-bond donors (Lipinski definition) is 2. The van der Waals surface area contributed by atoms with E-state index >= 15 is 0 Å². The van der Waals surface area contributed by atoms with Gasteiger partial charge < -0.3 is 15.2 Å². The number of nitrogens with zero attached hydrogens (tertiary/aromatic N) is 1. The molecule has 0 spiro atoms. The number of nitrogens with one attached hydrogen (secondary N) is 1. The van der Waals surface area contributed by atoms with Gasteiger partial charge in [0, 0.05) is 32.8 Å². The Morgan fingerprint density at radius 1 is 1.37 bits per heavy atom. The summed E-state index contributed by atoms with van der Waals surface area (Å²) in [6.07, 6.45) is 2.56. The van der Waals surface area contributed by atoms with Gasteiger partial charge in [-0.05, 0) is 30.7 Å². The first-order valence-corrected chi connectivity index (χ1v) is 7.60. The molecule has 0 radical (unpaired) electrons. The van der Waals surface area contributed by atoms with Crippen LogP contribution >= 0.6 is 0 Å². The van der Waals surface area contributed by atoms with Crippen LogP contribution in [0.1, 0.15) is 33.6 Å². The number of methoxy groups -OCH3 is 1. The van der Waals surface area contributed by atoms with Gasteiger partial charge in [0.2, 0.25) is 0 Å². The molecule has 1 aliphatic carbocycles. The summed E-state index contributed by atoms with van der Waals surface area (Å²) in [7, 11) is 1.73. The monoisotopic (exact) mass is 272 g/mol. The van der Waals surface area contributed by atoms with Gasteiger partial charge in [-0.25, -0.2) is 0 Å². The zero-order chi connectivity index (χ0) is 14.3. The van der Waals surface area contributed by atoms with Gasteiger partial charge in [0.25, 0.3) is 0 Å². The summed E-state index contributed by atoms with van der Waals surface area (Å²) in [4.78, 5) is 2.33. The molecule has 1 saturated carbocycles. The van der Waals surface area contributed by atoms with E-state index in [-0.39, 0.29) is 6.61 Å². The molecule has 0 amide bonds. The molecule has 0 heterocycles. The Kier molecular flexibility index (Phi) is 7.29. The van der Waals surface area contributed by atoms with Crippen LogP contribution < -0.4 is 5.32 Å². The Morgan fingerprint density at radius 3 is 2.68 bits per heavy atom. The number of hydrogen-bond acceptors (Lipinski definition) is 4. The normalized spacial score (nSPS) is 26.2. The minimum Gasteiger partial charge on any atom is -0.395 e. The van der Waals surface area contributed by atoms with Crippen LogP contribution in [0.3, 0.4) is 0 Å². The van der Waals surface area contributed by atoms with Crippen molar-refractivity contribution in [3.8, 4) is 0 Å². The third-order valence-corrected chi connectivity index (χ3v) is 4.42. The van der Waals surface area contributed by atoms with Gasteiger partial charge in [-0.3, -0.25) is 4.90 Å². The maximum absolute atomic E-state index is 9.18. The fourth-order valence-corrected chi connectivity index (χ4v) is 3.37. The highest BCUT2D eigenvalue weighted by Gasteiger charge is 2.41. The lowest BCUT2D eigenvalue weighted by Crippen LogP contribution is -2.46. The highest BCUT2D eigenvalue weighted by Crippen LogP contribution is 2.41. The summed E-state index contributed by atoms with van der Waals surface area (Å²) in [5.41, 5.74) is 0.382. The first-order chi connectivity index (χ1) is 9.05. The van der Waals surface area contributed by atoms with Gasteiger partial charge in [0.15, 0.2) is 0 Å². The van der Waals surface area contributed by atoms with Crippen molar-refractivity contribution < 1.29 is 9.84 Å². The predicted octanol–water partition coefficient (Wildman–Crippen LogP) is 1.34. The van der Waals surface area contributed by atoms with E-state index in [2.05, 4.69) is 31.0 Å². The van der Waals surface area contributed by atoms with E-state index < -0.39 is 0 Å². The van der Waals surface area contributed by atoms with Crippen molar-refractivity contribution in [3.63, 3.8) is 0 Å². The standard InChI is InChI=1S/C15H32N2O2/c1-5-16-14-13(6-7-15(14,2)3)12-17(8-10-18)9-11-19-4/h13-14,16,18H,5-12H2,1-4H3. The van der Waals surface area contributed by atoms with Crippen LogP contribution in [0, 0.1) is 11.3 Å². The van der Waals surface area contributed by atoms with E-state index in [1.165, 1.54) is 12.8 Å². The van der Waals surface area contributed by atoms with E-state index in [9.17, 15) is 5.11 Å². The molecule has 2 unspecified atom stereocenters. The van der Waals surface area contributed by atoms with Gasteiger partial charge in [0.05, 0.1) is 13.2 Å². The molecule has 1 fully saturated rings. The molecule has 1 aliphatic rings. The zero-order valence-corrected chi connectivity index (χ0v) is 13.1. The van der Waals surface area contributed by atoms with Crippen molar-refractivity contribution in [2.24, 2.45) is 11.3 Å². The van der Waals surface area contributed by atoms with Crippen molar-refractivity contribution >= 4 is 0 Å². The maximum atomic E-state index is 9.18. The molecule has 19 heavy (non-hydrogen) atoms. The first-order valence-electron chi connectivity index (χ1n) is 7.60. The molecule has 4 heteroatoms. The van der Waals surface area contributed by atoms with Crippen LogP contribution in [-0.2, 0) is 4.74 Å². The number of ether oxygens (including phenoxy) is 1. The average Bonchev–Trinajstić information content (AvgIpc) is 2.64. The fraction of sp³-hybridized carbons (Fsp3) is 1.00. The van der Waals surface area contributed by atoms with Gasteiger partial charge in [-0.2, -0.15) is 0 Å². The molecule has 0 aromatic rings. The van der Waals surface area contributed by atoms with Gasteiger partial charge in [-0.1, -0.05) is 20.8 Å². The molecule has 2 N–H and O–H groups in total. The molecule has 0 aromatic carbocycles. The Labute approximate surface area is 118 Å². The van der Waals surface area contributed by atoms with Crippen LogP contribution in [0.4, 0.5) is 0 Å². The van der Waals surface area contributed by atoms with Crippen molar-refractivity contribution in [1.82, 2.24) is 10.2 Å². The van der Waals surface area contributed by atoms with E-state index in [1.54, 1.807) is 7.11 Å². The van der Waals surface area contributed by atoms with E-state index in [0.29, 0.717) is 17.4 Å². The van der Waals surface area contributed by atoms with Crippen LogP contribution in [0.15, 0.2) is 0 Å². The molecule has 4 nitrogen and oxygen atoms in total. The molecule has 0 aliphatic heterocycles. The molecule has 0 saturated heterocycles. The number of aliphatic hydroxyl groups excluding tert-OH is 1. The number of rotatable bonds is 9. The van der Waals surface area contributed by atoms with Crippen LogP contribution in [-0.4, -0.2) is 62.6 Å². The smallest absolute Gasteiger partial charge is 0.0589 e. The van der Waals surface area contributed by atoms with Gasteiger partial charge in [-0.15, -0.1) is 0 Å². The first kappa shape index (κ1) is 16.9. The van der Waals surface area contributed by atoms with E-state index in [4.69, 9.17) is 4.74 Å². The summed E-state index contributed by atoms with van der Waals surface area (Å²) >= 11 is 0. The molecule has 1 rings (SSSR count). The average molecular weight is 272 g/mol. The largest absolute Gasteiger partial charge is 0.395 e. The summed E-state index contributed by atoms with van der Waals surface area (Å²) < 4.78 is 5.16. The Bertz CT molecular complexity index is 246. The SMILES string of the molecule is CCNC1C(CN(CCO)CCOC)CCC1(C)C. The van der Waals surface area contributed by atoms with E-state index in [1.807, 2.05) is 0 Å². The van der Waals surface area contributed by atoms with Crippen LogP contribution in [0.2, 0.25) is 0 Å². The molecule has 0 bridgehead atoms. The third kappa shape index (κ3) is 5.03. The highest BCUT2D eigenvalue weighted by molar-refractivity contribution is 4.97. The predicted molar refractivity (Wildman–Crippen MR) is 79.4 cm³/mol. The van der Waals surface area contributed by atoms with Crippen LogP contribution in [0.25, 0.3) is 0 Å². The topological polar surface area (TPSA) is 44.7 Å². The second-order valence-electron chi connectivity index (χ2n) is 6.34. The van der Waals surface area contributed by atoms with Crippen molar-refractivity contribution in [1.29, 1.82) is 0 Å². The summed E-state index contributed by atoms with van der Waals surface area (Å²) in [6, 6.07) is 0.584. The third-order valence-electron chi connectivity index (χ3n) is 4.42. The minimum atomic E-state index is 0.228. The molecule has 0 aromatic heterocycles. The van der Waals surface area contributed by atoms with Crippen molar-refractivity contribution in [3.05, 3.63) is 0 Å². The van der Waals surface area contributed by atoms with Crippen molar-refractivity contribution in [2.45, 2.75) is 39.7 Å². The van der Waals surface area contributed by atoms with Gasteiger partial charge in [0.1, 0.15) is 0 Å². The highest BCUT2D eigenvalue weighted by atomic mass is 16.5. The Balaban J connectivity index is 2.56. The molecular formula is C15H32N2O2. The number of aliphatic hydroxyl groups is 1. The quantitative estimate of drug-likeness (QED) is 0.665. The summed E-state index contributed by atoms with van der Waals surface area (Å²) in [5, 5.41) is 12.9. The van der Waals surface area contributed by atoms with Crippen LogP contribution in [0.5, 0.6) is 0 Å². The Hall–Kier alpha value is -0.160. The molecular weight excluding hydrogens is 240 g/mol. The fourth-order valence-electron chi connectivity index (χ4n) is 3.37. The van der Waals surface area contributed by atoms with Crippen molar-refractivity contribution in [2.75, 3.05) is 46.5 Å². The lowest BCUT2D eigenvalue weighted by Gasteiger charge is -2.34. The maximum Gasteiger partial charge on any atom is 0.0589 e. The van der Waals surface area contributed by atoms with Gasteiger partial charge >= 0.3 is 0 Å². The zero-order valence-electron chi connectivity index (χ0n) is 13.1. The Morgan fingerprint density at radius 2 is 2.11 bits per heavy atom. The minimum absolute atomic E-state index is 0.228. The molecule has 2 atom stereocenters. The summed E-state index contributed by atoms with van der Waals surface area (Å²) in [6.45, 7) is 11.6. The second-order valence-corrected chi connectivity index (χ2v) is 6.34. The lowest BCUT2D eigenvalue weighted by molar-refractivity contribution is 0.111. The summed E-state index contributed by atoms with van der Waals surface area (Å²) in [5.74, 6) is 0.679.